The first-order chi connectivity index (χ1) is 12.0. The number of carbonyl (C=O) groups is 1. The average Bonchev–Trinajstić information content (AvgIpc) is 3.27. The number of nitrogens with zero attached hydrogens (tertiary/aromatic N) is 3. The number of carbonyl (C=O) groups excluding carboxylic acids is 1. The monoisotopic (exact) mass is 368 g/mol. The fourth-order valence-electron chi connectivity index (χ4n) is 2.79. The number of benzene rings is 1. The second-order valence-corrected chi connectivity index (χ2v) is 8.20. The van der Waals surface area contributed by atoms with Crippen molar-refractivity contribution < 1.29 is 4.79 Å². The molecule has 0 atom stereocenters. The van der Waals surface area contributed by atoms with Crippen molar-refractivity contribution in [2.45, 2.75) is 13.8 Å². The SMILES string of the molecule is Cc1cc(-c2csc(NC(=O)c3ccc4c(c3)ncn4C)n2)c(C)s1. The van der Waals surface area contributed by atoms with E-state index in [1.807, 2.05) is 23.1 Å². The van der Waals surface area contributed by atoms with Crippen LogP contribution in [0.25, 0.3) is 22.3 Å². The number of amides is 1. The van der Waals surface area contributed by atoms with Crippen molar-refractivity contribution in [3.8, 4) is 11.3 Å². The lowest BCUT2D eigenvalue weighted by molar-refractivity contribution is 0.102. The van der Waals surface area contributed by atoms with Gasteiger partial charge in [0.1, 0.15) is 0 Å². The number of rotatable bonds is 3. The first kappa shape index (κ1) is 16.0. The molecule has 0 unspecified atom stereocenters. The van der Waals surface area contributed by atoms with Gasteiger partial charge in [-0.1, -0.05) is 0 Å². The molecule has 3 aromatic heterocycles. The maximum atomic E-state index is 12.5. The molecule has 0 aliphatic rings. The number of fused-ring (bicyclic) bond motifs is 1. The number of aryl methyl sites for hydroxylation is 3. The Morgan fingerprint density at radius 1 is 1.24 bits per heavy atom. The number of imidazole rings is 1. The summed E-state index contributed by atoms with van der Waals surface area (Å²) in [7, 11) is 1.93. The Morgan fingerprint density at radius 2 is 2.08 bits per heavy atom. The van der Waals surface area contributed by atoms with Crippen LogP contribution in [0.4, 0.5) is 5.13 Å². The van der Waals surface area contributed by atoms with Gasteiger partial charge in [0.15, 0.2) is 5.13 Å². The lowest BCUT2D eigenvalue weighted by Crippen LogP contribution is -2.11. The van der Waals surface area contributed by atoms with Gasteiger partial charge in [0.2, 0.25) is 0 Å². The molecule has 7 heteroatoms. The van der Waals surface area contributed by atoms with E-state index in [0.717, 1.165) is 22.3 Å². The molecule has 0 fully saturated rings. The molecule has 0 saturated carbocycles. The van der Waals surface area contributed by atoms with Gasteiger partial charge in [-0.3, -0.25) is 10.1 Å². The minimum atomic E-state index is -0.174. The van der Waals surface area contributed by atoms with E-state index in [1.165, 1.54) is 21.1 Å². The summed E-state index contributed by atoms with van der Waals surface area (Å²) in [5, 5.41) is 5.46. The van der Waals surface area contributed by atoms with Crippen molar-refractivity contribution in [3.05, 3.63) is 51.3 Å². The molecule has 0 bridgehead atoms. The molecule has 0 radical (unpaired) electrons. The van der Waals surface area contributed by atoms with E-state index in [0.29, 0.717) is 10.7 Å². The third-order valence-electron chi connectivity index (χ3n) is 4.03. The number of aromatic nitrogens is 3. The van der Waals surface area contributed by atoms with Crippen LogP contribution in [0.3, 0.4) is 0 Å². The lowest BCUT2D eigenvalue weighted by atomic mass is 10.2. The Bertz CT molecular complexity index is 1090. The summed E-state index contributed by atoms with van der Waals surface area (Å²) in [6, 6.07) is 7.64. The van der Waals surface area contributed by atoms with Crippen molar-refractivity contribution in [2.24, 2.45) is 7.05 Å². The predicted molar refractivity (Wildman–Crippen MR) is 104 cm³/mol. The van der Waals surface area contributed by atoms with Crippen LogP contribution in [0.5, 0.6) is 0 Å². The van der Waals surface area contributed by atoms with Gasteiger partial charge in [-0.05, 0) is 38.1 Å². The Hall–Kier alpha value is -2.51. The van der Waals surface area contributed by atoms with Crippen LogP contribution in [0.15, 0.2) is 36.0 Å². The van der Waals surface area contributed by atoms with E-state index in [-0.39, 0.29) is 5.91 Å². The molecule has 5 nitrogen and oxygen atoms in total. The molecule has 1 N–H and O–H groups in total. The predicted octanol–water partition coefficient (Wildman–Crippen LogP) is 4.63. The van der Waals surface area contributed by atoms with Gasteiger partial charge in [-0.25, -0.2) is 9.97 Å². The molecule has 0 aliphatic carbocycles. The minimum Gasteiger partial charge on any atom is -0.334 e. The normalized spacial score (nSPS) is 11.2. The molecule has 0 spiro atoms. The molecule has 4 aromatic rings. The summed E-state index contributed by atoms with van der Waals surface area (Å²) in [6.07, 6.45) is 1.74. The van der Waals surface area contributed by atoms with E-state index in [2.05, 4.69) is 35.2 Å². The fourth-order valence-corrected chi connectivity index (χ4v) is 4.43. The van der Waals surface area contributed by atoms with E-state index in [4.69, 9.17) is 0 Å². The average molecular weight is 368 g/mol. The smallest absolute Gasteiger partial charge is 0.257 e. The molecule has 126 valence electrons. The van der Waals surface area contributed by atoms with E-state index in [9.17, 15) is 4.79 Å². The molecule has 4 rings (SSSR count). The quantitative estimate of drug-likeness (QED) is 0.574. The Morgan fingerprint density at radius 3 is 2.84 bits per heavy atom. The van der Waals surface area contributed by atoms with Crippen LogP contribution in [0.1, 0.15) is 20.1 Å². The molecule has 0 saturated heterocycles. The van der Waals surface area contributed by atoms with Gasteiger partial charge in [0, 0.05) is 33.3 Å². The van der Waals surface area contributed by atoms with Crippen LogP contribution in [0.2, 0.25) is 0 Å². The molecule has 1 aromatic carbocycles. The van der Waals surface area contributed by atoms with Gasteiger partial charge >= 0.3 is 0 Å². The van der Waals surface area contributed by atoms with Crippen molar-refractivity contribution in [1.82, 2.24) is 14.5 Å². The maximum Gasteiger partial charge on any atom is 0.257 e. The first-order valence-electron chi connectivity index (χ1n) is 7.76. The Kier molecular flexibility index (Phi) is 3.89. The van der Waals surface area contributed by atoms with Crippen LogP contribution in [-0.2, 0) is 7.05 Å². The van der Waals surface area contributed by atoms with E-state index < -0.39 is 0 Å². The number of hydrogen-bond donors (Lipinski definition) is 1. The van der Waals surface area contributed by atoms with E-state index in [1.54, 1.807) is 29.8 Å². The highest BCUT2D eigenvalue weighted by atomic mass is 32.1. The number of thiophene rings is 1. The standard InChI is InChI=1S/C18H16N4OS2/c1-10-6-13(11(2)25-10)15-8-24-18(20-15)21-17(23)12-4-5-16-14(7-12)19-9-22(16)3/h4-9H,1-3H3,(H,20,21,23). The molecule has 1 amide bonds. The number of nitrogens with one attached hydrogen (secondary N) is 1. The lowest BCUT2D eigenvalue weighted by Gasteiger charge is -2.02. The topological polar surface area (TPSA) is 59.8 Å². The minimum absolute atomic E-state index is 0.174. The van der Waals surface area contributed by atoms with Gasteiger partial charge < -0.3 is 4.57 Å². The third kappa shape index (κ3) is 2.96. The first-order valence-corrected chi connectivity index (χ1v) is 9.46. The molecule has 25 heavy (non-hydrogen) atoms. The van der Waals surface area contributed by atoms with Gasteiger partial charge in [-0.15, -0.1) is 22.7 Å². The van der Waals surface area contributed by atoms with Crippen LogP contribution in [-0.4, -0.2) is 20.4 Å². The largest absolute Gasteiger partial charge is 0.334 e. The van der Waals surface area contributed by atoms with Crippen molar-refractivity contribution in [1.29, 1.82) is 0 Å². The molecular weight excluding hydrogens is 352 g/mol. The highest BCUT2D eigenvalue weighted by Gasteiger charge is 2.13. The summed E-state index contributed by atoms with van der Waals surface area (Å²) in [5.41, 5.74) is 4.41. The Balaban J connectivity index is 1.57. The van der Waals surface area contributed by atoms with Crippen molar-refractivity contribution in [3.63, 3.8) is 0 Å². The zero-order chi connectivity index (χ0) is 17.6. The zero-order valence-corrected chi connectivity index (χ0v) is 15.7. The molecule has 0 aliphatic heterocycles. The third-order valence-corrected chi connectivity index (χ3v) is 5.75. The number of thiazole rings is 1. The molecule has 3 heterocycles. The van der Waals surface area contributed by atoms with Gasteiger partial charge in [-0.2, -0.15) is 0 Å². The maximum absolute atomic E-state index is 12.5. The zero-order valence-electron chi connectivity index (χ0n) is 14.0. The van der Waals surface area contributed by atoms with Gasteiger partial charge in [0.25, 0.3) is 5.91 Å². The summed E-state index contributed by atoms with van der Waals surface area (Å²) in [5.74, 6) is -0.174. The van der Waals surface area contributed by atoms with Crippen LogP contribution in [0, 0.1) is 13.8 Å². The fraction of sp³-hybridized carbons (Fsp3) is 0.167. The van der Waals surface area contributed by atoms with Gasteiger partial charge in [0.05, 0.1) is 23.1 Å². The highest BCUT2D eigenvalue weighted by molar-refractivity contribution is 7.14. The number of hydrogen-bond acceptors (Lipinski definition) is 5. The number of anilines is 1. The molecular formula is C18H16N4OS2. The van der Waals surface area contributed by atoms with Crippen molar-refractivity contribution in [2.75, 3.05) is 5.32 Å². The summed E-state index contributed by atoms with van der Waals surface area (Å²) >= 11 is 3.19. The van der Waals surface area contributed by atoms with Crippen LogP contribution < -0.4 is 5.32 Å². The second-order valence-electron chi connectivity index (χ2n) is 5.88. The Labute approximate surface area is 153 Å². The van der Waals surface area contributed by atoms with Crippen molar-refractivity contribution >= 4 is 44.7 Å². The van der Waals surface area contributed by atoms with E-state index >= 15 is 0 Å². The van der Waals surface area contributed by atoms with Crippen LogP contribution >= 0.6 is 22.7 Å². The second kappa shape index (κ2) is 6.09. The summed E-state index contributed by atoms with van der Waals surface area (Å²) in [4.78, 5) is 23.9. The summed E-state index contributed by atoms with van der Waals surface area (Å²) < 4.78 is 1.93. The highest BCUT2D eigenvalue weighted by Crippen LogP contribution is 2.32. The summed E-state index contributed by atoms with van der Waals surface area (Å²) in [6.45, 7) is 4.18.